The van der Waals surface area contributed by atoms with Gasteiger partial charge in [-0.25, -0.2) is 14.8 Å². The van der Waals surface area contributed by atoms with Crippen molar-refractivity contribution in [2.75, 3.05) is 5.75 Å². The fourth-order valence-corrected chi connectivity index (χ4v) is 3.78. The molecule has 0 fully saturated rings. The zero-order valence-electron chi connectivity index (χ0n) is 18.0. The van der Waals surface area contributed by atoms with Crippen LogP contribution in [0.1, 0.15) is 75.6 Å². The van der Waals surface area contributed by atoms with Crippen molar-refractivity contribution in [2.24, 2.45) is 0 Å². The second-order valence-corrected chi connectivity index (χ2v) is 8.39. The van der Waals surface area contributed by atoms with Gasteiger partial charge in [0.15, 0.2) is 11.3 Å². The molecule has 0 unspecified atom stereocenters. The Hall–Kier alpha value is -2.39. The van der Waals surface area contributed by atoms with E-state index < -0.39 is 12.1 Å². The van der Waals surface area contributed by atoms with E-state index in [1.54, 1.807) is 23.9 Å². The van der Waals surface area contributed by atoms with Gasteiger partial charge in [-0.1, -0.05) is 75.8 Å². The molecule has 0 amide bonds. The number of carbonyl (C=O) groups excluding carboxylic acids is 1. The van der Waals surface area contributed by atoms with Gasteiger partial charge in [0.1, 0.15) is 6.07 Å². The van der Waals surface area contributed by atoms with Crippen LogP contribution < -0.4 is 0 Å². The summed E-state index contributed by atoms with van der Waals surface area (Å²) >= 11 is 1.70. The predicted molar refractivity (Wildman–Crippen MR) is 121 cm³/mol. The molecule has 0 bridgehead atoms. The molecule has 0 saturated carbocycles. The monoisotopic (exact) mass is 425 g/mol. The topological polar surface area (TPSA) is 75.9 Å². The summed E-state index contributed by atoms with van der Waals surface area (Å²) in [5.74, 6) is 0.547. The minimum atomic E-state index is -0.763. The summed E-state index contributed by atoms with van der Waals surface area (Å²) in [6.45, 7) is 3.79. The largest absolute Gasteiger partial charge is 0.444 e. The SMILES string of the molecule is CCCCCCCCCCSc1ncc(-c2ccc(C(=O)O[C@H](C)C#N)cc2)cn1. The zero-order valence-corrected chi connectivity index (χ0v) is 18.8. The van der Waals surface area contributed by atoms with E-state index in [1.807, 2.05) is 30.6 Å². The Bertz CT molecular complexity index is 801. The third-order valence-corrected chi connectivity index (χ3v) is 5.74. The molecule has 0 spiro atoms. The third kappa shape index (κ3) is 8.54. The standard InChI is InChI=1S/C24H31N3O2S/c1-3-4-5-6-7-8-9-10-15-30-24-26-17-22(18-27-24)20-11-13-21(14-12-20)23(28)29-19(2)16-25/h11-14,17-19H,3-10,15H2,1-2H3/t19-/m1/s1. The predicted octanol–water partition coefficient (Wildman–Crippen LogP) is 6.45. The second-order valence-electron chi connectivity index (χ2n) is 7.33. The first-order chi connectivity index (χ1) is 14.6. The van der Waals surface area contributed by atoms with Crippen molar-refractivity contribution in [1.29, 1.82) is 5.26 Å². The average molecular weight is 426 g/mol. The third-order valence-electron chi connectivity index (χ3n) is 4.78. The van der Waals surface area contributed by atoms with E-state index in [1.165, 1.54) is 58.3 Å². The maximum absolute atomic E-state index is 11.9. The van der Waals surface area contributed by atoms with Crippen molar-refractivity contribution in [3.63, 3.8) is 0 Å². The van der Waals surface area contributed by atoms with Crippen LogP contribution in [0.3, 0.4) is 0 Å². The summed E-state index contributed by atoms with van der Waals surface area (Å²) in [6.07, 6.45) is 13.4. The summed E-state index contributed by atoms with van der Waals surface area (Å²) in [7, 11) is 0. The highest BCUT2D eigenvalue weighted by molar-refractivity contribution is 7.99. The molecule has 5 nitrogen and oxygen atoms in total. The molecule has 6 heteroatoms. The number of thioether (sulfide) groups is 1. The maximum Gasteiger partial charge on any atom is 0.339 e. The van der Waals surface area contributed by atoms with Crippen molar-refractivity contribution in [3.8, 4) is 17.2 Å². The van der Waals surface area contributed by atoms with Gasteiger partial charge in [0.2, 0.25) is 0 Å². The number of benzene rings is 1. The minimum absolute atomic E-state index is 0.416. The highest BCUT2D eigenvalue weighted by Crippen LogP contribution is 2.22. The Kier molecular flexibility index (Phi) is 11.0. The first kappa shape index (κ1) is 23.9. The van der Waals surface area contributed by atoms with E-state index >= 15 is 0 Å². The number of hydrogen-bond acceptors (Lipinski definition) is 6. The first-order valence-corrected chi connectivity index (χ1v) is 11.8. The van der Waals surface area contributed by atoms with E-state index in [9.17, 15) is 4.79 Å². The Morgan fingerprint density at radius 1 is 1.00 bits per heavy atom. The van der Waals surface area contributed by atoms with Crippen LogP contribution in [0.15, 0.2) is 41.8 Å². The summed E-state index contributed by atoms with van der Waals surface area (Å²) in [4.78, 5) is 20.8. The number of ether oxygens (including phenoxy) is 1. The van der Waals surface area contributed by atoms with Crippen LogP contribution in [0, 0.1) is 11.3 Å². The molecule has 0 saturated heterocycles. The normalized spacial score (nSPS) is 11.6. The van der Waals surface area contributed by atoms with Gasteiger partial charge in [-0.3, -0.25) is 0 Å². The van der Waals surface area contributed by atoms with Gasteiger partial charge in [-0.2, -0.15) is 5.26 Å². The van der Waals surface area contributed by atoms with E-state index in [0.717, 1.165) is 22.0 Å². The molecule has 0 aliphatic heterocycles. The Labute approximate surface area is 184 Å². The van der Waals surface area contributed by atoms with E-state index in [0.29, 0.717) is 5.56 Å². The Morgan fingerprint density at radius 2 is 1.60 bits per heavy atom. The number of nitrogens with zero attached hydrogens (tertiary/aromatic N) is 3. The quantitative estimate of drug-likeness (QED) is 0.159. The van der Waals surface area contributed by atoms with Crippen LogP contribution in [-0.4, -0.2) is 27.8 Å². The molecule has 30 heavy (non-hydrogen) atoms. The fraction of sp³-hybridized carbons (Fsp3) is 0.500. The van der Waals surface area contributed by atoms with Crippen LogP contribution in [0.4, 0.5) is 0 Å². The van der Waals surface area contributed by atoms with Gasteiger partial charge in [-0.05, 0) is 31.0 Å². The fourth-order valence-electron chi connectivity index (χ4n) is 2.99. The van der Waals surface area contributed by atoms with Crippen LogP contribution in [0.25, 0.3) is 11.1 Å². The number of rotatable bonds is 13. The van der Waals surface area contributed by atoms with Gasteiger partial charge in [0.05, 0.1) is 5.56 Å². The van der Waals surface area contributed by atoms with Crippen molar-refractivity contribution in [1.82, 2.24) is 9.97 Å². The van der Waals surface area contributed by atoms with Crippen molar-refractivity contribution >= 4 is 17.7 Å². The zero-order chi connectivity index (χ0) is 21.6. The summed E-state index contributed by atoms with van der Waals surface area (Å²) in [6, 6.07) is 8.92. The molecule has 2 rings (SSSR count). The van der Waals surface area contributed by atoms with Crippen LogP contribution in [-0.2, 0) is 4.74 Å². The lowest BCUT2D eigenvalue weighted by atomic mass is 10.1. The lowest BCUT2D eigenvalue weighted by Crippen LogP contribution is -2.12. The number of hydrogen-bond donors (Lipinski definition) is 0. The Morgan fingerprint density at radius 3 is 2.20 bits per heavy atom. The highest BCUT2D eigenvalue weighted by atomic mass is 32.2. The lowest BCUT2D eigenvalue weighted by Gasteiger charge is -2.07. The minimum Gasteiger partial charge on any atom is -0.444 e. The number of esters is 1. The molecule has 2 aromatic rings. The molecule has 0 radical (unpaired) electrons. The number of aromatic nitrogens is 2. The molecular weight excluding hydrogens is 394 g/mol. The molecular formula is C24H31N3O2S. The van der Waals surface area contributed by atoms with Crippen molar-refractivity contribution in [2.45, 2.75) is 76.5 Å². The van der Waals surface area contributed by atoms with Crippen LogP contribution in [0.5, 0.6) is 0 Å². The molecule has 1 atom stereocenters. The smallest absolute Gasteiger partial charge is 0.339 e. The van der Waals surface area contributed by atoms with Gasteiger partial charge in [-0.15, -0.1) is 0 Å². The number of nitriles is 1. The Balaban J connectivity index is 1.73. The van der Waals surface area contributed by atoms with Crippen molar-refractivity contribution < 1.29 is 9.53 Å². The summed E-state index contributed by atoms with van der Waals surface area (Å²) < 4.78 is 5.00. The highest BCUT2D eigenvalue weighted by Gasteiger charge is 2.11. The summed E-state index contributed by atoms with van der Waals surface area (Å²) in [5.41, 5.74) is 2.25. The maximum atomic E-state index is 11.9. The molecule has 0 N–H and O–H groups in total. The molecule has 1 heterocycles. The molecule has 160 valence electrons. The molecule has 1 aromatic carbocycles. The van der Waals surface area contributed by atoms with Crippen molar-refractivity contribution in [3.05, 3.63) is 42.2 Å². The lowest BCUT2D eigenvalue weighted by molar-refractivity contribution is 0.0435. The molecule has 0 aliphatic rings. The van der Waals surface area contributed by atoms with Crippen LogP contribution in [0.2, 0.25) is 0 Å². The number of carbonyl (C=O) groups is 1. The van der Waals surface area contributed by atoms with Gasteiger partial charge in [0.25, 0.3) is 0 Å². The van der Waals surface area contributed by atoms with Gasteiger partial charge in [0, 0.05) is 23.7 Å². The molecule has 0 aliphatic carbocycles. The first-order valence-electron chi connectivity index (χ1n) is 10.8. The average Bonchev–Trinajstić information content (AvgIpc) is 2.78. The van der Waals surface area contributed by atoms with Crippen LogP contribution >= 0.6 is 11.8 Å². The molecule has 1 aromatic heterocycles. The second kappa shape index (κ2) is 13.8. The van der Waals surface area contributed by atoms with E-state index in [-0.39, 0.29) is 0 Å². The number of unbranched alkanes of at least 4 members (excludes halogenated alkanes) is 7. The van der Waals surface area contributed by atoms with E-state index in [4.69, 9.17) is 10.00 Å². The summed E-state index contributed by atoms with van der Waals surface area (Å²) in [5, 5.41) is 9.53. The van der Waals surface area contributed by atoms with Gasteiger partial charge >= 0.3 is 5.97 Å². The van der Waals surface area contributed by atoms with E-state index in [2.05, 4.69) is 16.9 Å². The van der Waals surface area contributed by atoms with Gasteiger partial charge < -0.3 is 4.74 Å².